The number of benzene rings is 2. The van der Waals surface area contributed by atoms with Crippen LogP contribution in [0.15, 0.2) is 42.5 Å². The van der Waals surface area contributed by atoms with Crippen LogP contribution in [0.5, 0.6) is 0 Å². The Kier molecular flexibility index (Phi) is 5.29. The normalized spacial score (nSPS) is 10.4. The lowest BCUT2D eigenvalue weighted by Crippen LogP contribution is -2.27. The molecular formula is C15H12Cl2INO. The molecule has 0 saturated carbocycles. The average molecular weight is 420 g/mol. The fraction of sp³-hybridized carbons (Fsp3) is 0.133. The second-order valence-corrected chi connectivity index (χ2v) is 6.38. The lowest BCUT2D eigenvalue weighted by atomic mass is 10.1. The molecule has 5 heteroatoms. The van der Waals surface area contributed by atoms with Gasteiger partial charge in [0.1, 0.15) is 0 Å². The van der Waals surface area contributed by atoms with Crippen LogP contribution >= 0.6 is 45.8 Å². The molecule has 104 valence electrons. The smallest absolute Gasteiger partial charge is 0.254 e. The molecule has 0 unspecified atom stereocenters. The van der Waals surface area contributed by atoms with E-state index in [0.717, 1.165) is 9.13 Å². The van der Waals surface area contributed by atoms with Gasteiger partial charge in [0.2, 0.25) is 0 Å². The molecule has 0 spiro atoms. The standard InChI is InChI=1S/C15H12Cl2INO/c1-19(9-10-6-7-11(16)8-13(10)17)15(20)12-4-2-3-5-14(12)18/h2-8H,9H2,1H3. The van der Waals surface area contributed by atoms with Crippen LogP contribution in [0.4, 0.5) is 0 Å². The Morgan fingerprint density at radius 2 is 1.90 bits per heavy atom. The second kappa shape index (κ2) is 6.78. The Labute approximate surface area is 141 Å². The molecule has 0 aliphatic carbocycles. The van der Waals surface area contributed by atoms with Crippen LogP contribution in [-0.4, -0.2) is 17.9 Å². The van der Waals surface area contributed by atoms with Crippen LogP contribution in [0.3, 0.4) is 0 Å². The highest BCUT2D eigenvalue weighted by Crippen LogP contribution is 2.23. The first kappa shape index (κ1) is 15.6. The summed E-state index contributed by atoms with van der Waals surface area (Å²) < 4.78 is 0.934. The van der Waals surface area contributed by atoms with Gasteiger partial charge in [0, 0.05) is 27.2 Å². The predicted molar refractivity (Wildman–Crippen MR) is 91.4 cm³/mol. The summed E-state index contributed by atoms with van der Waals surface area (Å²) >= 11 is 14.2. The lowest BCUT2D eigenvalue weighted by Gasteiger charge is -2.19. The lowest BCUT2D eigenvalue weighted by molar-refractivity contribution is 0.0784. The van der Waals surface area contributed by atoms with E-state index in [-0.39, 0.29) is 5.91 Å². The van der Waals surface area contributed by atoms with Crippen molar-refractivity contribution >= 4 is 51.7 Å². The van der Waals surface area contributed by atoms with Crippen LogP contribution in [0.25, 0.3) is 0 Å². The molecule has 2 nitrogen and oxygen atoms in total. The van der Waals surface area contributed by atoms with Gasteiger partial charge in [0.05, 0.1) is 5.56 Å². The van der Waals surface area contributed by atoms with Gasteiger partial charge in [0.15, 0.2) is 0 Å². The van der Waals surface area contributed by atoms with E-state index in [1.807, 2.05) is 30.3 Å². The van der Waals surface area contributed by atoms with Crippen molar-refractivity contribution < 1.29 is 4.79 Å². The molecule has 2 aromatic carbocycles. The number of hydrogen-bond acceptors (Lipinski definition) is 1. The van der Waals surface area contributed by atoms with Crippen molar-refractivity contribution in [3.05, 3.63) is 67.2 Å². The Bertz CT molecular complexity index is 646. The SMILES string of the molecule is CN(Cc1ccc(Cl)cc1Cl)C(=O)c1ccccc1I. The Balaban J connectivity index is 2.18. The summed E-state index contributed by atoms with van der Waals surface area (Å²) in [5, 5.41) is 1.16. The topological polar surface area (TPSA) is 20.3 Å². The summed E-state index contributed by atoms with van der Waals surface area (Å²) in [5.41, 5.74) is 1.57. The predicted octanol–water partition coefficient (Wildman–Crippen LogP) is 4.87. The van der Waals surface area contributed by atoms with Crippen molar-refractivity contribution in [1.82, 2.24) is 4.90 Å². The van der Waals surface area contributed by atoms with Crippen LogP contribution in [0, 0.1) is 3.57 Å². The summed E-state index contributed by atoms with van der Waals surface area (Å²) in [4.78, 5) is 14.0. The maximum atomic E-state index is 12.4. The monoisotopic (exact) mass is 419 g/mol. The van der Waals surface area contributed by atoms with Gasteiger partial charge in [-0.15, -0.1) is 0 Å². The van der Waals surface area contributed by atoms with Crippen LogP contribution in [0.2, 0.25) is 10.0 Å². The number of halogens is 3. The van der Waals surface area contributed by atoms with Gasteiger partial charge in [-0.05, 0) is 52.4 Å². The molecule has 0 aromatic heterocycles. The molecule has 1 amide bonds. The summed E-state index contributed by atoms with van der Waals surface area (Å²) in [6.45, 7) is 0.444. The van der Waals surface area contributed by atoms with Crippen molar-refractivity contribution in [1.29, 1.82) is 0 Å². The highest BCUT2D eigenvalue weighted by molar-refractivity contribution is 14.1. The summed E-state index contributed by atoms with van der Waals surface area (Å²) in [6.07, 6.45) is 0. The zero-order valence-electron chi connectivity index (χ0n) is 10.7. The Morgan fingerprint density at radius 3 is 2.55 bits per heavy atom. The van der Waals surface area contributed by atoms with Crippen LogP contribution < -0.4 is 0 Å². The molecule has 0 fully saturated rings. The number of hydrogen-bond donors (Lipinski definition) is 0. The van der Waals surface area contributed by atoms with Gasteiger partial charge in [-0.25, -0.2) is 0 Å². The summed E-state index contributed by atoms with van der Waals surface area (Å²) in [6, 6.07) is 12.8. The van der Waals surface area contributed by atoms with E-state index in [1.54, 1.807) is 24.1 Å². The highest BCUT2D eigenvalue weighted by Gasteiger charge is 2.15. The minimum absolute atomic E-state index is 0.0268. The molecule has 0 N–H and O–H groups in total. The van der Waals surface area contributed by atoms with Crippen molar-refractivity contribution in [2.24, 2.45) is 0 Å². The number of amides is 1. The van der Waals surface area contributed by atoms with Gasteiger partial charge in [-0.1, -0.05) is 41.4 Å². The zero-order valence-corrected chi connectivity index (χ0v) is 14.4. The largest absolute Gasteiger partial charge is 0.337 e. The molecule has 0 aliphatic heterocycles. The second-order valence-electron chi connectivity index (χ2n) is 4.38. The summed E-state index contributed by atoms with van der Waals surface area (Å²) in [5.74, 6) is -0.0268. The fourth-order valence-electron chi connectivity index (χ4n) is 1.82. The molecule has 0 atom stereocenters. The molecular weight excluding hydrogens is 408 g/mol. The van der Waals surface area contributed by atoms with Gasteiger partial charge in [0.25, 0.3) is 5.91 Å². The van der Waals surface area contributed by atoms with Crippen molar-refractivity contribution in [3.63, 3.8) is 0 Å². The van der Waals surface area contributed by atoms with Gasteiger partial charge >= 0.3 is 0 Å². The molecule has 0 radical (unpaired) electrons. The van der Waals surface area contributed by atoms with E-state index in [9.17, 15) is 4.79 Å². The minimum Gasteiger partial charge on any atom is -0.337 e. The molecule has 0 saturated heterocycles. The van der Waals surface area contributed by atoms with E-state index in [4.69, 9.17) is 23.2 Å². The molecule has 20 heavy (non-hydrogen) atoms. The van der Waals surface area contributed by atoms with Crippen molar-refractivity contribution in [3.8, 4) is 0 Å². The van der Waals surface area contributed by atoms with E-state index < -0.39 is 0 Å². The van der Waals surface area contributed by atoms with Crippen LogP contribution in [0.1, 0.15) is 15.9 Å². The molecule has 0 bridgehead atoms. The maximum absolute atomic E-state index is 12.4. The van der Waals surface area contributed by atoms with Gasteiger partial charge in [-0.3, -0.25) is 4.79 Å². The fourth-order valence-corrected chi connectivity index (χ4v) is 2.90. The highest BCUT2D eigenvalue weighted by atomic mass is 127. The maximum Gasteiger partial charge on any atom is 0.254 e. The van der Waals surface area contributed by atoms with E-state index >= 15 is 0 Å². The Morgan fingerprint density at radius 1 is 1.20 bits per heavy atom. The van der Waals surface area contributed by atoms with Crippen molar-refractivity contribution in [2.45, 2.75) is 6.54 Å². The number of carbonyl (C=O) groups is 1. The Hall–Kier alpha value is -0.780. The first-order valence-electron chi connectivity index (χ1n) is 5.93. The van der Waals surface area contributed by atoms with E-state index in [1.165, 1.54) is 0 Å². The molecule has 0 aliphatic rings. The van der Waals surface area contributed by atoms with Crippen LogP contribution in [-0.2, 0) is 6.54 Å². The van der Waals surface area contributed by atoms with E-state index in [0.29, 0.717) is 22.2 Å². The third-order valence-electron chi connectivity index (χ3n) is 2.87. The number of carbonyl (C=O) groups excluding carboxylic acids is 1. The molecule has 2 aromatic rings. The third-order valence-corrected chi connectivity index (χ3v) is 4.40. The molecule has 2 rings (SSSR count). The zero-order chi connectivity index (χ0) is 14.7. The van der Waals surface area contributed by atoms with E-state index in [2.05, 4.69) is 22.6 Å². The quantitative estimate of drug-likeness (QED) is 0.650. The average Bonchev–Trinajstić information content (AvgIpc) is 2.41. The number of nitrogens with zero attached hydrogens (tertiary/aromatic N) is 1. The minimum atomic E-state index is -0.0268. The first-order chi connectivity index (χ1) is 9.49. The number of rotatable bonds is 3. The third kappa shape index (κ3) is 3.65. The first-order valence-corrected chi connectivity index (χ1v) is 7.76. The van der Waals surface area contributed by atoms with Gasteiger partial charge in [-0.2, -0.15) is 0 Å². The molecule has 0 heterocycles. The summed E-state index contributed by atoms with van der Waals surface area (Å²) in [7, 11) is 1.76. The van der Waals surface area contributed by atoms with Gasteiger partial charge < -0.3 is 4.90 Å². The van der Waals surface area contributed by atoms with Crippen molar-refractivity contribution in [2.75, 3.05) is 7.05 Å².